The smallest absolute Gasteiger partial charge is 0.325 e. The van der Waals surface area contributed by atoms with Gasteiger partial charge in [-0.05, 0) is 25.0 Å². The van der Waals surface area contributed by atoms with Crippen LogP contribution in [0.15, 0.2) is 0 Å². The van der Waals surface area contributed by atoms with Crippen molar-refractivity contribution in [2.75, 3.05) is 24.6 Å². The molecule has 0 amide bonds. The molecule has 0 aromatic heterocycles. The minimum Gasteiger partial charge on any atom is -0.480 e. The third kappa shape index (κ3) is 2.81. The maximum Gasteiger partial charge on any atom is 0.325 e. The molecular weight excluding hydrogens is 276 g/mol. The first-order valence-electron chi connectivity index (χ1n) is 6.06. The third-order valence-corrected chi connectivity index (χ3v) is 6.29. The highest BCUT2D eigenvalue weighted by Crippen LogP contribution is 2.29. The van der Waals surface area contributed by atoms with E-state index < -0.39 is 21.7 Å². The molecule has 2 aliphatic heterocycles. The van der Waals surface area contributed by atoms with E-state index in [1.165, 1.54) is 16.1 Å². The minimum atomic E-state index is -3.68. The molecule has 0 aromatic carbocycles. The molecule has 1 unspecified atom stereocenters. The summed E-state index contributed by atoms with van der Waals surface area (Å²) >= 11 is 1.47. The first-order valence-corrected chi connectivity index (χ1v) is 8.66. The lowest BCUT2D eigenvalue weighted by molar-refractivity contribution is -0.143. The Balaban J connectivity index is 2.12. The average molecular weight is 294 g/mol. The van der Waals surface area contributed by atoms with Gasteiger partial charge in [0, 0.05) is 18.8 Å². The van der Waals surface area contributed by atoms with E-state index in [0.29, 0.717) is 31.0 Å². The molecule has 0 aliphatic carbocycles. The van der Waals surface area contributed by atoms with Gasteiger partial charge in [0.1, 0.15) is 5.54 Å². The van der Waals surface area contributed by atoms with E-state index in [0.717, 1.165) is 19.3 Å². The van der Waals surface area contributed by atoms with Gasteiger partial charge in [-0.2, -0.15) is 29.2 Å². The topological polar surface area (TPSA) is 86.7 Å². The molecule has 18 heavy (non-hydrogen) atoms. The van der Waals surface area contributed by atoms with Crippen LogP contribution in [0.5, 0.6) is 0 Å². The molecule has 2 rings (SSSR count). The molecule has 0 bridgehead atoms. The number of carboxylic acids is 1. The summed E-state index contributed by atoms with van der Waals surface area (Å²) in [6.45, 7) is 0.969. The van der Waals surface area contributed by atoms with Gasteiger partial charge in [-0.1, -0.05) is 6.42 Å². The van der Waals surface area contributed by atoms with E-state index in [1.807, 2.05) is 0 Å². The lowest BCUT2D eigenvalue weighted by Crippen LogP contribution is -2.58. The molecule has 1 atom stereocenters. The van der Waals surface area contributed by atoms with E-state index in [2.05, 4.69) is 4.72 Å². The van der Waals surface area contributed by atoms with Crippen LogP contribution in [0.4, 0.5) is 0 Å². The zero-order valence-corrected chi connectivity index (χ0v) is 11.7. The molecule has 0 spiro atoms. The first-order chi connectivity index (χ1) is 8.46. The van der Waals surface area contributed by atoms with Crippen LogP contribution in [-0.2, 0) is 15.0 Å². The lowest BCUT2D eigenvalue weighted by Gasteiger charge is -2.31. The quantitative estimate of drug-likeness (QED) is 0.777. The molecule has 2 saturated heterocycles. The van der Waals surface area contributed by atoms with Crippen molar-refractivity contribution in [1.29, 1.82) is 0 Å². The standard InChI is InChI=1S/C10H18N2O4S2/c13-9(14)10(4-7-17-8-10)11-18(15,16)12-5-2-1-3-6-12/h11H,1-8H2,(H,13,14). The predicted molar refractivity (Wildman–Crippen MR) is 69.8 cm³/mol. The van der Waals surface area contributed by atoms with Crippen LogP contribution < -0.4 is 4.72 Å². The zero-order chi connectivity index (χ0) is 13.2. The molecule has 0 radical (unpaired) electrons. The molecule has 0 aromatic rings. The predicted octanol–water partition coefficient (Wildman–Crippen LogP) is 0.267. The second-order valence-electron chi connectivity index (χ2n) is 4.76. The van der Waals surface area contributed by atoms with E-state index in [4.69, 9.17) is 0 Å². The number of hydrogen-bond donors (Lipinski definition) is 2. The van der Waals surface area contributed by atoms with E-state index in [1.54, 1.807) is 0 Å². The van der Waals surface area contributed by atoms with Crippen molar-refractivity contribution in [3.63, 3.8) is 0 Å². The Morgan fingerprint density at radius 1 is 1.28 bits per heavy atom. The Morgan fingerprint density at radius 3 is 2.44 bits per heavy atom. The number of carbonyl (C=O) groups is 1. The second kappa shape index (κ2) is 5.36. The molecule has 8 heteroatoms. The van der Waals surface area contributed by atoms with E-state index in [9.17, 15) is 18.3 Å². The number of thioether (sulfide) groups is 1. The maximum atomic E-state index is 12.2. The Kier molecular flexibility index (Phi) is 4.20. The van der Waals surface area contributed by atoms with Crippen LogP contribution in [0, 0.1) is 0 Å². The van der Waals surface area contributed by atoms with Crippen molar-refractivity contribution in [3.8, 4) is 0 Å². The summed E-state index contributed by atoms with van der Waals surface area (Å²) in [4.78, 5) is 11.3. The van der Waals surface area contributed by atoms with Gasteiger partial charge < -0.3 is 5.11 Å². The highest BCUT2D eigenvalue weighted by Gasteiger charge is 2.46. The SMILES string of the molecule is O=C(O)C1(NS(=O)(=O)N2CCCCC2)CCSC1. The fraction of sp³-hybridized carbons (Fsp3) is 0.900. The number of hydrogen-bond acceptors (Lipinski definition) is 4. The Labute approximate surface area is 111 Å². The number of carboxylic acid groups (broad SMARTS) is 1. The monoisotopic (exact) mass is 294 g/mol. The first kappa shape index (κ1) is 14.1. The zero-order valence-electron chi connectivity index (χ0n) is 10.1. The third-order valence-electron chi connectivity index (χ3n) is 3.41. The van der Waals surface area contributed by atoms with Gasteiger partial charge in [-0.3, -0.25) is 4.79 Å². The molecule has 2 fully saturated rings. The summed E-state index contributed by atoms with van der Waals surface area (Å²) < 4.78 is 28.2. The molecular formula is C10H18N2O4S2. The summed E-state index contributed by atoms with van der Waals surface area (Å²) in [6.07, 6.45) is 3.07. The Morgan fingerprint density at radius 2 is 1.94 bits per heavy atom. The van der Waals surface area contributed by atoms with Gasteiger partial charge >= 0.3 is 5.97 Å². The fourth-order valence-electron chi connectivity index (χ4n) is 2.27. The molecule has 2 aliphatic rings. The summed E-state index contributed by atoms with van der Waals surface area (Å²) in [7, 11) is -3.68. The van der Waals surface area contributed by atoms with Crippen LogP contribution in [-0.4, -0.2) is 53.9 Å². The van der Waals surface area contributed by atoms with Crippen LogP contribution in [0.2, 0.25) is 0 Å². The summed E-state index contributed by atoms with van der Waals surface area (Å²) in [5, 5.41) is 9.27. The Hall–Kier alpha value is -0.310. The average Bonchev–Trinajstić information content (AvgIpc) is 2.79. The van der Waals surface area contributed by atoms with Gasteiger partial charge in [-0.25, -0.2) is 0 Å². The molecule has 0 saturated carbocycles. The van der Waals surface area contributed by atoms with Crippen LogP contribution >= 0.6 is 11.8 Å². The van der Waals surface area contributed by atoms with Crippen molar-refractivity contribution in [2.45, 2.75) is 31.2 Å². The van der Waals surface area contributed by atoms with Crippen molar-refractivity contribution in [2.24, 2.45) is 0 Å². The highest BCUT2D eigenvalue weighted by molar-refractivity contribution is 7.99. The largest absolute Gasteiger partial charge is 0.480 e. The molecule has 2 N–H and O–H groups in total. The normalized spacial score (nSPS) is 30.4. The maximum absolute atomic E-state index is 12.2. The summed E-state index contributed by atoms with van der Waals surface area (Å²) in [5.74, 6) is -0.0994. The molecule has 6 nitrogen and oxygen atoms in total. The highest BCUT2D eigenvalue weighted by atomic mass is 32.2. The van der Waals surface area contributed by atoms with Crippen molar-refractivity contribution in [1.82, 2.24) is 9.03 Å². The number of nitrogens with one attached hydrogen (secondary N) is 1. The number of rotatable bonds is 4. The van der Waals surface area contributed by atoms with E-state index >= 15 is 0 Å². The molecule has 2 heterocycles. The number of piperidine rings is 1. The fourth-order valence-corrected chi connectivity index (χ4v) is 5.31. The number of nitrogens with zero attached hydrogens (tertiary/aromatic N) is 1. The van der Waals surface area contributed by atoms with Crippen molar-refractivity contribution in [3.05, 3.63) is 0 Å². The minimum absolute atomic E-state index is 0.301. The van der Waals surface area contributed by atoms with Crippen molar-refractivity contribution < 1.29 is 18.3 Å². The summed E-state index contributed by atoms with van der Waals surface area (Å²) in [6, 6.07) is 0. The van der Waals surface area contributed by atoms with E-state index in [-0.39, 0.29) is 0 Å². The van der Waals surface area contributed by atoms with Gasteiger partial charge in [0.25, 0.3) is 10.2 Å². The lowest BCUT2D eigenvalue weighted by atomic mass is 10.0. The summed E-state index contributed by atoms with van der Waals surface area (Å²) in [5.41, 5.74) is -1.32. The van der Waals surface area contributed by atoms with Crippen LogP contribution in [0.25, 0.3) is 0 Å². The van der Waals surface area contributed by atoms with Gasteiger partial charge in [-0.15, -0.1) is 0 Å². The van der Waals surface area contributed by atoms with Crippen molar-refractivity contribution >= 4 is 27.9 Å². The van der Waals surface area contributed by atoms with Crippen LogP contribution in [0.3, 0.4) is 0 Å². The number of aliphatic carboxylic acids is 1. The van der Waals surface area contributed by atoms with Gasteiger partial charge in [0.15, 0.2) is 0 Å². The second-order valence-corrected chi connectivity index (χ2v) is 7.53. The molecule has 104 valence electrons. The van der Waals surface area contributed by atoms with Crippen LogP contribution in [0.1, 0.15) is 25.7 Å². The Bertz CT molecular complexity index is 412. The van der Waals surface area contributed by atoms with Gasteiger partial charge in [0.05, 0.1) is 0 Å². The van der Waals surface area contributed by atoms with Gasteiger partial charge in [0.2, 0.25) is 0 Å².